The SMILES string of the molecule is O=C1NC(=S)N(c2cccc(C(F)(F)F)c2)C(=O)/C1=C/c1cn(Cc2ccccc2F)c2ccccc12. The number of halogens is 4. The zero-order valence-electron chi connectivity index (χ0n) is 18.9. The zero-order chi connectivity index (χ0) is 26.3. The largest absolute Gasteiger partial charge is 0.416 e. The number of benzene rings is 3. The number of nitrogens with one attached hydrogen (secondary N) is 1. The first kappa shape index (κ1) is 24.4. The van der Waals surface area contributed by atoms with Crippen LogP contribution >= 0.6 is 12.2 Å². The molecular formula is C27H17F4N3O2S. The quantitative estimate of drug-likeness (QED) is 0.162. The van der Waals surface area contributed by atoms with Gasteiger partial charge in [-0.2, -0.15) is 13.2 Å². The molecule has 1 aliphatic heterocycles. The molecule has 0 saturated carbocycles. The molecule has 10 heteroatoms. The Hall–Kier alpha value is -4.31. The molecule has 0 bridgehead atoms. The van der Waals surface area contributed by atoms with Crippen LogP contribution in [0.2, 0.25) is 0 Å². The lowest BCUT2D eigenvalue weighted by Gasteiger charge is -2.29. The Labute approximate surface area is 213 Å². The van der Waals surface area contributed by atoms with E-state index < -0.39 is 23.6 Å². The summed E-state index contributed by atoms with van der Waals surface area (Å²) >= 11 is 5.11. The summed E-state index contributed by atoms with van der Waals surface area (Å²) in [5.74, 6) is -2.00. The van der Waals surface area contributed by atoms with Crippen LogP contribution in [0.3, 0.4) is 0 Å². The van der Waals surface area contributed by atoms with Crippen molar-refractivity contribution in [3.8, 4) is 0 Å². The molecule has 5 nitrogen and oxygen atoms in total. The molecule has 0 radical (unpaired) electrons. The van der Waals surface area contributed by atoms with E-state index in [-0.39, 0.29) is 28.7 Å². The number of hydrogen-bond acceptors (Lipinski definition) is 3. The Balaban J connectivity index is 1.57. The lowest BCUT2D eigenvalue weighted by molar-refractivity contribution is -0.137. The number of fused-ring (bicyclic) bond motifs is 1. The summed E-state index contributed by atoms with van der Waals surface area (Å²) in [6, 6.07) is 17.7. The van der Waals surface area contributed by atoms with Gasteiger partial charge in [0.15, 0.2) is 5.11 Å². The average molecular weight is 524 g/mol. The minimum Gasteiger partial charge on any atom is -0.342 e. The Morgan fingerprint density at radius 1 is 0.946 bits per heavy atom. The van der Waals surface area contributed by atoms with Gasteiger partial charge in [0.1, 0.15) is 11.4 Å². The second-order valence-electron chi connectivity index (χ2n) is 8.33. The number of carbonyl (C=O) groups is 2. The van der Waals surface area contributed by atoms with Crippen LogP contribution in [0, 0.1) is 5.82 Å². The number of alkyl halides is 3. The molecular weight excluding hydrogens is 506 g/mol. The van der Waals surface area contributed by atoms with Crippen molar-refractivity contribution in [2.45, 2.75) is 12.7 Å². The van der Waals surface area contributed by atoms with E-state index in [1.807, 2.05) is 12.1 Å². The first-order valence-electron chi connectivity index (χ1n) is 11.0. The van der Waals surface area contributed by atoms with E-state index in [0.29, 0.717) is 16.5 Å². The van der Waals surface area contributed by atoms with Crippen molar-refractivity contribution in [3.63, 3.8) is 0 Å². The van der Waals surface area contributed by atoms with Crippen molar-refractivity contribution in [2.75, 3.05) is 4.90 Å². The first-order valence-corrected chi connectivity index (χ1v) is 11.4. The van der Waals surface area contributed by atoms with Crippen LogP contribution < -0.4 is 10.2 Å². The normalized spacial score (nSPS) is 15.5. The van der Waals surface area contributed by atoms with E-state index in [1.54, 1.807) is 41.1 Å². The average Bonchev–Trinajstić information content (AvgIpc) is 3.20. The molecule has 186 valence electrons. The number of para-hydroxylation sites is 1. The smallest absolute Gasteiger partial charge is 0.342 e. The van der Waals surface area contributed by atoms with Crippen molar-refractivity contribution < 1.29 is 27.2 Å². The number of amides is 2. The molecule has 1 saturated heterocycles. The van der Waals surface area contributed by atoms with Gasteiger partial charge >= 0.3 is 6.18 Å². The fourth-order valence-corrected chi connectivity index (χ4v) is 4.48. The van der Waals surface area contributed by atoms with Crippen molar-refractivity contribution in [1.29, 1.82) is 0 Å². The highest BCUT2D eigenvalue weighted by Gasteiger charge is 2.36. The van der Waals surface area contributed by atoms with Gasteiger partial charge < -0.3 is 4.57 Å². The molecule has 0 unspecified atom stereocenters. The molecule has 0 atom stereocenters. The summed E-state index contributed by atoms with van der Waals surface area (Å²) < 4.78 is 55.8. The van der Waals surface area contributed by atoms with Gasteiger partial charge in [-0.25, -0.2) is 4.39 Å². The van der Waals surface area contributed by atoms with Gasteiger partial charge in [0.25, 0.3) is 11.8 Å². The standard InChI is InChI=1S/C27H17F4N3O2S/c28-22-10-3-1-6-16(22)14-33-15-17(20-9-2-4-11-23(20)33)12-21-24(35)32-26(37)34(25(21)36)19-8-5-7-18(13-19)27(29,30)31/h1-13,15H,14H2,(H,32,35,37)/b21-12+. The van der Waals surface area contributed by atoms with Crippen LogP contribution in [0.25, 0.3) is 17.0 Å². The minimum atomic E-state index is -4.63. The molecule has 4 aromatic rings. The number of carbonyl (C=O) groups excluding carboxylic acids is 2. The monoisotopic (exact) mass is 523 g/mol. The lowest BCUT2D eigenvalue weighted by Crippen LogP contribution is -2.54. The van der Waals surface area contributed by atoms with Crippen LogP contribution in [0.1, 0.15) is 16.7 Å². The highest BCUT2D eigenvalue weighted by molar-refractivity contribution is 7.80. The number of hydrogen-bond donors (Lipinski definition) is 1. The number of nitrogens with zero attached hydrogens (tertiary/aromatic N) is 2. The maximum Gasteiger partial charge on any atom is 0.416 e. The molecule has 1 aliphatic rings. The van der Waals surface area contributed by atoms with Crippen molar-refractivity contribution in [2.24, 2.45) is 0 Å². The summed E-state index contributed by atoms with van der Waals surface area (Å²) in [5.41, 5.74) is 0.306. The van der Waals surface area contributed by atoms with Gasteiger partial charge in [-0.3, -0.25) is 19.8 Å². The fraction of sp³-hybridized carbons (Fsp3) is 0.0741. The summed E-state index contributed by atoms with van der Waals surface area (Å²) in [6.45, 7) is 0.205. The third kappa shape index (κ3) is 4.63. The Morgan fingerprint density at radius 3 is 2.43 bits per heavy atom. The third-order valence-electron chi connectivity index (χ3n) is 5.95. The van der Waals surface area contributed by atoms with Crippen molar-refractivity contribution in [1.82, 2.24) is 9.88 Å². The Bertz CT molecular complexity index is 1610. The summed E-state index contributed by atoms with van der Waals surface area (Å²) in [6.07, 6.45) is -1.58. The van der Waals surface area contributed by atoms with Gasteiger partial charge in [-0.15, -0.1) is 0 Å². The van der Waals surface area contributed by atoms with Crippen LogP contribution in [0.15, 0.2) is 84.6 Å². The predicted octanol–water partition coefficient (Wildman–Crippen LogP) is 5.68. The molecule has 2 amide bonds. The van der Waals surface area contributed by atoms with Gasteiger partial charge in [0, 0.05) is 28.2 Å². The van der Waals surface area contributed by atoms with Crippen molar-refractivity contribution >= 4 is 51.8 Å². The number of anilines is 1. The van der Waals surface area contributed by atoms with Gasteiger partial charge in [0.05, 0.1) is 17.8 Å². The highest BCUT2D eigenvalue weighted by Crippen LogP contribution is 2.33. The molecule has 0 spiro atoms. The van der Waals surface area contributed by atoms with E-state index in [9.17, 15) is 27.2 Å². The van der Waals surface area contributed by atoms with E-state index in [4.69, 9.17) is 12.2 Å². The predicted molar refractivity (Wildman–Crippen MR) is 135 cm³/mol. The minimum absolute atomic E-state index is 0.127. The van der Waals surface area contributed by atoms with E-state index in [1.165, 1.54) is 18.2 Å². The maximum atomic E-state index is 14.3. The molecule has 1 fully saturated rings. The lowest BCUT2D eigenvalue weighted by atomic mass is 10.1. The summed E-state index contributed by atoms with van der Waals surface area (Å²) in [4.78, 5) is 27.0. The summed E-state index contributed by atoms with van der Waals surface area (Å²) in [7, 11) is 0. The Morgan fingerprint density at radius 2 is 1.68 bits per heavy atom. The molecule has 37 heavy (non-hydrogen) atoms. The molecule has 2 heterocycles. The van der Waals surface area contributed by atoms with Gasteiger partial charge in [-0.1, -0.05) is 42.5 Å². The second kappa shape index (κ2) is 9.29. The molecule has 5 rings (SSSR count). The number of rotatable bonds is 4. The maximum absolute atomic E-state index is 14.3. The molecule has 0 aliphatic carbocycles. The highest BCUT2D eigenvalue weighted by atomic mass is 32.1. The van der Waals surface area contributed by atoms with Crippen LogP contribution in [-0.2, 0) is 22.3 Å². The van der Waals surface area contributed by atoms with E-state index >= 15 is 0 Å². The van der Waals surface area contributed by atoms with Gasteiger partial charge in [-0.05, 0) is 48.6 Å². The molecule has 1 N–H and O–H groups in total. The van der Waals surface area contributed by atoms with Crippen LogP contribution in [0.5, 0.6) is 0 Å². The van der Waals surface area contributed by atoms with Gasteiger partial charge in [0.2, 0.25) is 0 Å². The van der Waals surface area contributed by atoms with Crippen molar-refractivity contribution in [3.05, 3.63) is 107 Å². The van der Waals surface area contributed by atoms with Crippen LogP contribution in [-0.4, -0.2) is 21.5 Å². The second-order valence-corrected chi connectivity index (χ2v) is 8.71. The van der Waals surface area contributed by atoms with Crippen LogP contribution in [0.4, 0.5) is 23.2 Å². The topological polar surface area (TPSA) is 54.3 Å². The fourth-order valence-electron chi connectivity index (χ4n) is 4.20. The summed E-state index contributed by atoms with van der Waals surface area (Å²) in [5, 5.41) is 2.75. The number of aromatic nitrogens is 1. The zero-order valence-corrected chi connectivity index (χ0v) is 19.7. The Kier molecular flexibility index (Phi) is 6.12. The van der Waals surface area contributed by atoms with E-state index in [0.717, 1.165) is 28.6 Å². The number of thiocarbonyl (C=S) groups is 1. The third-order valence-corrected chi connectivity index (χ3v) is 6.24. The molecule has 1 aromatic heterocycles. The van der Waals surface area contributed by atoms with E-state index in [2.05, 4.69) is 5.32 Å². The first-order chi connectivity index (χ1) is 17.6. The molecule has 3 aromatic carbocycles.